The van der Waals surface area contributed by atoms with E-state index in [1.165, 1.54) is 69.2 Å². The number of methoxy groups -OCH3 is 3. The Morgan fingerprint density at radius 2 is 0.976 bits per heavy atom. The van der Waals surface area contributed by atoms with Crippen molar-refractivity contribution in [3.05, 3.63) is 89.5 Å². The molecule has 4 unspecified atom stereocenters. The summed E-state index contributed by atoms with van der Waals surface area (Å²) >= 11 is 0. The number of rotatable bonds is 8. The highest BCUT2D eigenvalue weighted by atomic mass is 17.3. The number of hydrogen-bond donors (Lipinski definition) is 6. The van der Waals surface area contributed by atoms with E-state index in [0.29, 0.717) is 52.4 Å². The third-order valence-corrected chi connectivity index (χ3v) is 20.3. The molecule has 3 saturated heterocycles. The summed E-state index contributed by atoms with van der Waals surface area (Å²) in [6.07, 6.45) is 9.56. The quantitative estimate of drug-likeness (QED) is 0.0908. The SMILES string of the molecule is CC.CC.CC.O=C1C2CC3CC(C2)CC1C3.[2H]C([2H])([2H])OC(=O)c1cccc(O)c1.[2H]C([2H])([2H])OC1(c2cccc(O)c2)OOC12C1CC3CC(C1)CC2C3.[2H]C([2H])([2H])OC1(c2cccc(O[C@@H]3OC(CO)[C@@H](O)[C@H](O)C3O)c2)OOC12C1CC3CC(C1)CC2C3. The molecule has 2 spiro atoms. The summed E-state index contributed by atoms with van der Waals surface area (Å²) in [5.74, 6) is 2.76. The Hall–Kier alpha value is -4.24. The van der Waals surface area contributed by atoms with Gasteiger partial charge < -0.3 is 54.3 Å². The van der Waals surface area contributed by atoms with Gasteiger partial charge in [-0.15, -0.1) is 0 Å². The molecule has 7 atom stereocenters. The third kappa shape index (κ3) is 11.2. The van der Waals surface area contributed by atoms with Crippen molar-refractivity contribution < 1.29 is 95.8 Å². The van der Waals surface area contributed by atoms with Crippen LogP contribution in [0.1, 0.15) is 172 Å². The Bertz CT molecular complexity index is 2890. The zero-order valence-corrected chi connectivity index (χ0v) is 48.7. The number of Topliss-reactive ketones (excluding diaryl/α,β-unsaturated/α-hetero) is 1. The number of aromatic hydroxyl groups is 2. The molecule has 0 aromatic heterocycles. The summed E-state index contributed by atoms with van der Waals surface area (Å²) < 4.78 is 93.7. The number of ketones is 1. The first-order chi connectivity index (χ1) is 43.6. The van der Waals surface area contributed by atoms with Gasteiger partial charge in [0.25, 0.3) is 11.6 Å². The summed E-state index contributed by atoms with van der Waals surface area (Å²) in [4.78, 5) is 45.6. The van der Waals surface area contributed by atoms with Gasteiger partial charge in [0.2, 0.25) is 6.29 Å². The molecule has 17 heteroatoms. The minimum Gasteiger partial charge on any atom is -0.508 e. The van der Waals surface area contributed by atoms with Crippen molar-refractivity contribution >= 4 is 11.8 Å². The Balaban J connectivity index is 0.000000154. The summed E-state index contributed by atoms with van der Waals surface area (Å²) in [5, 5.41) is 58.9. The molecular formula is C66H94O17. The van der Waals surface area contributed by atoms with Crippen molar-refractivity contribution in [2.75, 3.05) is 27.7 Å². The van der Waals surface area contributed by atoms with Gasteiger partial charge in [0, 0.05) is 37.0 Å². The second-order valence-corrected chi connectivity index (χ2v) is 24.5. The predicted octanol–water partition coefficient (Wildman–Crippen LogP) is 10.4. The highest BCUT2D eigenvalue weighted by Crippen LogP contribution is 2.71. The van der Waals surface area contributed by atoms with Crippen molar-refractivity contribution in [1.82, 2.24) is 0 Å². The molecule has 460 valence electrons. The van der Waals surface area contributed by atoms with Crippen molar-refractivity contribution in [2.45, 2.75) is 191 Å². The van der Waals surface area contributed by atoms with Crippen LogP contribution < -0.4 is 4.74 Å². The summed E-state index contributed by atoms with van der Waals surface area (Å²) in [7, 11) is -8.15. The summed E-state index contributed by atoms with van der Waals surface area (Å²) in [5.41, 5.74) is -0.790. The molecule has 0 amide bonds. The fourth-order valence-electron chi connectivity index (χ4n) is 17.5. The first kappa shape index (κ1) is 51.9. The molecule has 15 fully saturated rings. The lowest BCUT2D eigenvalue weighted by atomic mass is 9.47. The fraction of sp³-hybridized carbons (Fsp3) is 0.697. The molecule has 12 aliphatic carbocycles. The molecule has 12 bridgehead atoms. The molecule has 3 aromatic carbocycles. The molecule has 6 N–H and O–H groups in total. The molecule has 3 aliphatic heterocycles. The topological polar surface area (TPSA) is 239 Å². The van der Waals surface area contributed by atoms with E-state index in [1.54, 1.807) is 42.5 Å². The van der Waals surface area contributed by atoms with Crippen LogP contribution in [0.3, 0.4) is 0 Å². The maximum Gasteiger partial charge on any atom is 0.337 e. The van der Waals surface area contributed by atoms with Crippen LogP contribution in [0.15, 0.2) is 72.8 Å². The number of carbonyl (C=O) groups excluding carboxylic acids is 2. The lowest BCUT2D eigenvalue weighted by molar-refractivity contribution is -0.645. The Morgan fingerprint density at radius 3 is 1.39 bits per heavy atom. The lowest BCUT2D eigenvalue weighted by Crippen LogP contribution is -2.76. The van der Waals surface area contributed by atoms with Crippen LogP contribution in [0, 0.1) is 71.0 Å². The van der Waals surface area contributed by atoms with Crippen LogP contribution >= 0.6 is 0 Å². The van der Waals surface area contributed by atoms with E-state index in [4.69, 9.17) is 55.9 Å². The molecular weight excluding hydrogens is 1060 g/mol. The number of phenolic OH excluding ortho intramolecular Hbond substituents is 2. The molecule has 17 nitrogen and oxygen atoms in total. The maximum atomic E-state index is 11.6. The van der Waals surface area contributed by atoms with Crippen LogP contribution in [0.5, 0.6) is 17.2 Å². The number of aliphatic hydroxyl groups excluding tert-OH is 4. The third-order valence-electron chi connectivity index (χ3n) is 20.3. The molecule has 83 heavy (non-hydrogen) atoms. The lowest BCUT2D eigenvalue weighted by Gasteiger charge is -2.68. The van der Waals surface area contributed by atoms with Crippen LogP contribution in [0.2, 0.25) is 0 Å². The Labute approximate surface area is 503 Å². The summed E-state index contributed by atoms with van der Waals surface area (Å²) in [6, 6.07) is 18.3. The van der Waals surface area contributed by atoms with Gasteiger partial charge in [-0.25, -0.2) is 14.6 Å². The average molecular weight is 1170 g/mol. The van der Waals surface area contributed by atoms with E-state index in [2.05, 4.69) is 4.74 Å². The Morgan fingerprint density at radius 1 is 0.542 bits per heavy atom. The van der Waals surface area contributed by atoms with Crippen LogP contribution in [0.4, 0.5) is 0 Å². The number of phenols is 2. The van der Waals surface area contributed by atoms with Crippen LogP contribution in [-0.2, 0) is 54.9 Å². The van der Waals surface area contributed by atoms with Crippen molar-refractivity contribution in [3.8, 4) is 17.2 Å². The van der Waals surface area contributed by atoms with Crippen molar-refractivity contribution in [1.29, 1.82) is 0 Å². The molecule has 18 rings (SSSR count). The highest BCUT2D eigenvalue weighted by Gasteiger charge is 2.78. The number of esters is 1. The van der Waals surface area contributed by atoms with E-state index in [9.17, 15) is 35.1 Å². The number of aliphatic hydroxyl groups is 4. The molecule has 0 radical (unpaired) electrons. The van der Waals surface area contributed by atoms with E-state index in [0.717, 1.165) is 69.3 Å². The van der Waals surface area contributed by atoms with E-state index >= 15 is 0 Å². The second-order valence-electron chi connectivity index (χ2n) is 24.5. The number of hydrogen-bond acceptors (Lipinski definition) is 17. The average Bonchev–Trinajstić information content (AvgIpc) is 0.677. The van der Waals surface area contributed by atoms with Gasteiger partial charge in [-0.3, -0.25) is 4.79 Å². The molecule has 15 aliphatic rings. The van der Waals surface area contributed by atoms with E-state index < -0.39 is 87.2 Å². The molecule has 3 heterocycles. The van der Waals surface area contributed by atoms with Gasteiger partial charge in [0.1, 0.15) is 47.4 Å². The first-order valence-electron chi connectivity index (χ1n) is 35.2. The zero-order chi connectivity index (χ0) is 67.1. The van der Waals surface area contributed by atoms with E-state index in [1.807, 2.05) is 41.5 Å². The maximum absolute atomic E-state index is 11.6. The highest BCUT2D eigenvalue weighted by molar-refractivity contribution is 5.89. The summed E-state index contributed by atoms with van der Waals surface area (Å²) in [6.45, 7) is 11.4. The molecule has 12 saturated carbocycles. The van der Waals surface area contributed by atoms with Gasteiger partial charge in [0.15, 0.2) is 11.2 Å². The monoisotopic (exact) mass is 1170 g/mol. The van der Waals surface area contributed by atoms with Crippen LogP contribution in [-0.4, -0.2) is 112 Å². The van der Waals surface area contributed by atoms with Gasteiger partial charge in [0.05, 0.1) is 31.5 Å². The minimum atomic E-state index is -2.76. The van der Waals surface area contributed by atoms with Gasteiger partial charge >= 0.3 is 5.97 Å². The predicted molar refractivity (Wildman–Crippen MR) is 306 cm³/mol. The normalized spacial score (nSPS) is 43.5. The largest absolute Gasteiger partial charge is 0.508 e. The zero-order valence-electron chi connectivity index (χ0n) is 57.7. The van der Waals surface area contributed by atoms with Gasteiger partial charge in [-0.2, -0.15) is 9.78 Å². The van der Waals surface area contributed by atoms with Gasteiger partial charge in [-0.05, 0) is 198 Å². The number of ether oxygens (including phenoxy) is 5. The standard InChI is InChI=1S/C24H32O9.C18H22O4.C10H14O.C8H8O3.3C2H6/c1-29-24(23(32-33-24)15-6-12-5-13(8-15)9-16(23)7-12)14-3-2-4-17(10-14)30-22-21(28)20(27)19(26)18(11-25)31-22;1-20-18(13-3-2-4-16(19)10-13)17(21-22-18)14-6-11-5-12(8-14)9-15(17)7-11;11-10-8-2-6-1-7(4-8)5-9(10)3-6;1-11-8(10)6-3-2-4-7(9)5-6;3*1-2/h2-4,10,12-13,15-16,18-22,25-28H,5-9,11H2,1H3;2-4,10-12,14-15,19H,5-9H2,1H3;6-9H,1-5H2;2-5,9H,1H3;3*1-2H3/t12?,13?,15?,16?,18?,19-,20+,21?,22-,23?,24?;;;;;;/m1....../s1/i2*1D3;;1D3;;;. The van der Waals surface area contributed by atoms with E-state index in [-0.39, 0.29) is 46.5 Å². The van der Waals surface area contributed by atoms with Crippen LogP contribution in [0.25, 0.3) is 0 Å². The smallest absolute Gasteiger partial charge is 0.337 e. The fourth-order valence-corrected chi connectivity index (χ4v) is 17.5. The number of benzene rings is 3. The molecule has 3 aromatic rings. The Kier molecular flexibility index (Phi) is 16.5. The first-order valence-corrected chi connectivity index (χ1v) is 30.7. The van der Waals surface area contributed by atoms with Crippen molar-refractivity contribution in [3.63, 3.8) is 0 Å². The minimum absolute atomic E-state index is 0.00104. The van der Waals surface area contributed by atoms with Crippen molar-refractivity contribution in [2.24, 2.45) is 71.0 Å². The van der Waals surface area contributed by atoms with Gasteiger partial charge in [-0.1, -0.05) is 71.9 Å². The second kappa shape index (κ2) is 26.4. The number of carbonyl (C=O) groups is 2.